The summed E-state index contributed by atoms with van der Waals surface area (Å²) in [6, 6.07) is 0. The van der Waals surface area contributed by atoms with Crippen LogP contribution in [-0.2, 0) is 41.6 Å². The Morgan fingerprint density at radius 3 is 2.36 bits per heavy atom. The Morgan fingerprint density at radius 2 is 1.64 bits per heavy atom. The van der Waals surface area contributed by atoms with Crippen LogP contribution in [0.5, 0.6) is 0 Å². The van der Waals surface area contributed by atoms with E-state index < -0.39 is 76.7 Å². The van der Waals surface area contributed by atoms with E-state index >= 15 is 0 Å². The van der Waals surface area contributed by atoms with E-state index in [1.807, 2.05) is 0 Å². The van der Waals surface area contributed by atoms with Crippen molar-refractivity contribution in [3.05, 3.63) is 12.7 Å². The third kappa shape index (κ3) is 17.1. The molecule has 3 heterocycles. The maximum absolute atomic E-state index is 12.6. The molecule has 332 valence electrons. The van der Waals surface area contributed by atoms with Crippen molar-refractivity contribution in [1.82, 2.24) is 30.2 Å². The van der Waals surface area contributed by atoms with Gasteiger partial charge in [0.15, 0.2) is 22.8 Å². The maximum atomic E-state index is 12.6. The number of rotatable bonds is 26. The maximum Gasteiger partial charge on any atom is 0.481 e. The van der Waals surface area contributed by atoms with E-state index in [2.05, 4.69) is 48.7 Å². The van der Waals surface area contributed by atoms with Crippen LogP contribution in [0.15, 0.2) is 12.7 Å². The van der Waals surface area contributed by atoms with E-state index in [1.54, 1.807) is 0 Å². The molecular formula is C35H57N7O14P2S. The van der Waals surface area contributed by atoms with Crippen molar-refractivity contribution in [2.75, 3.05) is 37.8 Å². The fourth-order valence-corrected chi connectivity index (χ4v) is 8.54. The van der Waals surface area contributed by atoms with Gasteiger partial charge in [0.1, 0.15) is 36.3 Å². The zero-order valence-corrected chi connectivity index (χ0v) is 36.0. The van der Waals surface area contributed by atoms with Gasteiger partial charge in [0.05, 0.1) is 19.5 Å². The van der Waals surface area contributed by atoms with Gasteiger partial charge in [0.25, 0.3) is 0 Å². The van der Waals surface area contributed by atoms with Gasteiger partial charge >= 0.3 is 15.6 Å². The first-order valence-electron chi connectivity index (χ1n) is 19.3. The highest BCUT2D eigenvalue weighted by atomic mass is 32.2. The van der Waals surface area contributed by atoms with Crippen LogP contribution in [-0.4, -0.2) is 118 Å². The second-order valence-electron chi connectivity index (χ2n) is 14.4. The number of aliphatic hydroxyl groups is 3. The average molecular weight is 894 g/mol. The van der Waals surface area contributed by atoms with Gasteiger partial charge in [-0.1, -0.05) is 58.2 Å². The van der Waals surface area contributed by atoms with Crippen LogP contribution < -0.4 is 16.4 Å². The van der Waals surface area contributed by atoms with Crippen LogP contribution in [0, 0.1) is 17.3 Å². The summed E-state index contributed by atoms with van der Waals surface area (Å²) in [6.45, 7) is 3.15. The highest BCUT2D eigenvalue weighted by molar-refractivity contribution is 8.13. The van der Waals surface area contributed by atoms with E-state index in [9.17, 15) is 48.6 Å². The zero-order chi connectivity index (χ0) is 43.6. The molecule has 2 aromatic heterocycles. The van der Waals surface area contributed by atoms with Gasteiger partial charge < -0.3 is 46.2 Å². The first kappa shape index (κ1) is 50.3. The normalized spacial score (nSPS) is 20.6. The molecule has 9 N–H and O–H groups in total. The minimum atomic E-state index is -5.39. The molecule has 0 radical (unpaired) electrons. The highest BCUT2D eigenvalue weighted by Gasteiger charge is 2.46. The Hall–Kier alpha value is -3.03. The summed E-state index contributed by atoms with van der Waals surface area (Å²) in [4.78, 5) is 69.0. The summed E-state index contributed by atoms with van der Waals surface area (Å²) in [5.74, 6) is 5.46. The number of amides is 2. The number of unbranched alkanes of at least 4 members (excludes halogenated alkanes) is 7. The summed E-state index contributed by atoms with van der Waals surface area (Å²) >= 11 is 1.13. The van der Waals surface area contributed by atoms with Crippen LogP contribution in [0.4, 0.5) is 5.82 Å². The number of nitrogen functional groups attached to an aromatic ring is 1. The molecule has 24 heteroatoms. The molecule has 0 spiro atoms. The topological polar surface area (TPSA) is 317 Å². The minimum Gasteiger partial charge on any atom is -0.387 e. The number of nitrogens with two attached hydrogens (primary N) is 1. The molecule has 1 saturated heterocycles. The Labute approximate surface area is 347 Å². The minimum absolute atomic E-state index is 0.0361. The van der Waals surface area contributed by atoms with Crippen molar-refractivity contribution in [2.24, 2.45) is 5.41 Å². The van der Waals surface area contributed by atoms with Crippen LogP contribution in [0.2, 0.25) is 0 Å². The number of nitrogens with zero attached hydrogens (tertiary/aromatic N) is 4. The molecule has 21 nitrogen and oxygen atoms in total. The van der Waals surface area contributed by atoms with Crippen molar-refractivity contribution >= 4 is 61.3 Å². The molecule has 2 unspecified atom stereocenters. The fraction of sp³-hybridized carbons (Fsp3) is 0.714. The first-order valence-corrected chi connectivity index (χ1v) is 23.3. The molecule has 0 aliphatic carbocycles. The number of carbonyl (C=O) groups excluding carboxylic acids is 3. The van der Waals surface area contributed by atoms with E-state index in [0.29, 0.717) is 12.2 Å². The number of hydrogen-bond acceptors (Lipinski definition) is 17. The van der Waals surface area contributed by atoms with Gasteiger partial charge in [-0.05, 0) is 19.3 Å². The average Bonchev–Trinajstić information content (AvgIpc) is 3.73. The molecule has 0 saturated carbocycles. The molecule has 0 bridgehead atoms. The second kappa shape index (κ2) is 24.4. The van der Waals surface area contributed by atoms with Crippen molar-refractivity contribution in [3.8, 4) is 11.8 Å². The SMILES string of the molecule is CCCCCCCC#CCCCCC(=O)SCCNC(=O)CCNC(=O)[C@H](O)C(C)(C)COP(=O)(O)OP(=O)(O)OC[C@H]1O[C@@H](n2cnc3c(N)ncnc32)[C@H](O)[C@@H]1O. The Kier molecular flexibility index (Phi) is 20.8. The number of hydrogen-bond donors (Lipinski definition) is 8. The summed E-state index contributed by atoms with van der Waals surface area (Å²) in [6.07, 6.45) is 4.26. The van der Waals surface area contributed by atoms with Crippen molar-refractivity contribution in [1.29, 1.82) is 0 Å². The molecular weight excluding hydrogens is 836 g/mol. The second-order valence-corrected chi connectivity index (χ2v) is 18.6. The predicted octanol–water partition coefficient (Wildman–Crippen LogP) is 2.47. The number of fused-ring (bicyclic) bond motifs is 1. The number of thioether (sulfide) groups is 1. The highest BCUT2D eigenvalue weighted by Crippen LogP contribution is 2.61. The molecule has 59 heavy (non-hydrogen) atoms. The number of anilines is 1. The largest absolute Gasteiger partial charge is 0.481 e. The number of aromatic nitrogens is 4. The molecule has 1 fully saturated rings. The van der Waals surface area contributed by atoms with Crippen LogP contribution >= 0.6 is 27.4 Å². The number of phosphoric acid groups is 2. The summed E-state index contributed by atoms with van der Waals surface area (Å²) in [5.41, 5.74) is 4.57. The Balaban J connectivity index is 1.29. The summed E-state index contributed by atoms with van der Waals surface area (Å²) in [5, 5.41) is 36.7. The predicted molar refractivity (Wildman–Crippen MR) is 216 cm³/mol. The fourth-order valence-electron chi connectivity index (χ4n) is 5.57. The third-order valence-corrected chi connectivity index (χ3v) is 12.5. The number of aliphatic hydroxyl groups excluding tert-OH is 3. The lowest BCUT2D eigenvalue weighted by Gasteiger charge is -2.30. The molecule has 2 amide bonds. The lowest BCUT2D eigenvalue weighted by molar-refractivity contribution is -0.137. The molecule has 7 atom stereocenters. The number of imidazole rings is 1. The van der Waals surface area contributed by atoms with E-state index in [1.165, 1.54) is 50.4 Å². The Morgan fingerprint density at radius 1 is 0.966 bits per heavy atom. The zero-order valence-electron chi connectivity index (χ0n) is 33.4. The van der Waals surface area contributed by atoms with Gasteiger partial charge in [-0.15, -0.1) is 11.8 Å². The van der Waals surface area contributed by atoms with Gasteiger partial charge in [-0.2, -0.15) is 4.31 Å². The lowest BCUT2D eigenvalue weighted by atomic mass is 9.87. The molecule has 1 aliphatic heterocycles. The smallest absolute Gasteiger partial charge is 0.387 e. The molecule has 1 aliphatic rings. The van der Waals surface area contributed by atoms with Crippen LogP contribution in [0.25, 0.3) is 11.2 Å². The number of nitrogens with one attached hydrogen (secondary N) is 2. The van der Waals surface area contributed by atoms with Gasteiger partial charge in [0.2, 0.25) is 11.8 Å². The van der Waals surface area contributed by atoms with Crippen molar-refractivity contribution in [2.45, 2.75) is 122 Å². The molecule has 3 rings (SSSR count). The number of carbonyl (C=O) groups is 3. The lowest BCUT2D eigenvalue weighted by Crippen LogP contribution is -2.46. The molecule has 0 aromatic carbocycles. The van der Waals surface area contributed by atoms with Gasteiger partial charge in [-0.25, -0.2) is 24.1 Å². The number of ether oxygens (including phenoxy) is 1. The standard InChI is InChI=1S/C35H57N7O14P2S/c1-4-5-6-7-8-9-10-11-12-13-14-15-26(44)59-19-18-37-25(43)16-17-38-33(48)30(47)35(2,3)21-54-58(51,52)56-57(49,50)53-20-24-28(45)29(46)34(55-24)42-23-41-27-31(36)39-22-40-32(27)42/h22-24,28-30,34,45-47H,4-9,12-21H2,1-3H3,(H,37,43)(H,38,48)(H,49,50)(H,51,52)(H2,36,39,40)/t24-,28-,29-,30+,34-/m1/s1. The number of phosphoric ester groups is 2. The van der Waals surface area contributed by atoms with E-state index in [0.717, 1.165) is 50.2 Å². The van der Waals surface area contributed by atoms with Crippen molar-refractivity contribution < 1.29 is 66.7 Å². The van der Waals surface area contributed by atoms with Crippen LogP contribution in [0.1, 0.15) is 97.6 Å². The summed E-state index contributed by atoms with van der Waals surface area (Å²) in [7, 11) is -10.8. The summed E-state index contributed by atoms with van der Waals surface area (Å²) < 4.78 is 45.8. The monoisotopic (exact) mass is 893 g/mol. The first-order chi connectivity index (χ1) is 27.9. The molecule has 2 aromatic rings. The van der Waals surface area contributed by atoms with Crippen LogP contribution in [0.3, 0.4) is 0 Å². The van der Waals surface area contributed by atoms with E-state index in [4.69, 9.17) is 19.5 Å². The Bertz CT molecular complexity index is 1840. The van der Waals surface area contributed by atoms with E-state index in [-0.39, 0.29) is 41.6 Å². The quantitative estimate of drug-likeness (QED) is 0.0382. The third-order valence-electron chi connectivity index (χ3n) is 9.00. The van der Waals surface area contributed by atoms with Crippen molar-refractivity contribution in [3.63, 3.8) is 0 Å². The van der Waals surface area contributed by atoms with Gasteiger partial charge in [-0.3, -0.25) is 28.0 Å². The van der Waals surface area contributed by atoms with Gasteiger partial charge in [0, 0.05) is 49.9 Å².